The van der Waals surface area contributed by atoms with Crippen LogP contribution in [0.25, 0.3) is 11.3 Å². The topological polar surface area (TPSA) is 77.6 Å². The summed E-state index contributed by atoms with van der Waals surface area (Å²) < 4.78 is 8.24. The Morgan fingerprint density at radius 2 is 2.08 bits per heavy atom. The van der Waals surface area contributed by atoms with Gasteiger partial charge in [0.1, 0.15) is 17.1 Å². The molecule has 0 aromatic carbocycles. The zero-order valence-electron chi connectivity index (χ0n) is 14.1. The Bertz CT molecular complexity index is 912. The summed E-state index contributed by atoms with van der Waals surface area (Å²) >= 11 is 0. The first-order valence-electron chi connectivity index (χ1n) is 7.74. The van der Waals surface area contributed by atoms with Crippen LogP contribution in [0, 0.1) is 0 Å². The summed E-state index contributed by atoms with van der Waals surface area (Å²) in [4.78, 5) is 29.3. The van der Waals surface area contributed by atoms with E-state index in [4.69, 9.17) is 4.74 Å². The number of nitrogens with zero attached hydrogens (tertiary/aromatic N) is 3. The van der Waals surface area contributed by atoms with Crippen LogP contribution in [0.5, 0.6) is 0 Å². The molecule has 1 aliphatic rings. The van der Waals surface area contributed by atoms with E-state index in [9.17, 15) is 9.59 Å². The highest BCUT2D eigenvalue weighted by molar-refractivity contribution is 5.70. The van der Waals surface area contributed by atoms with Gasteiger partial charge in [0.25, 0.3) is 0 Å². The van der Waals surface area contributed by atoms with E-state index in [2.05, 4.69) is 10.3 Å². The number of alkyl carbamates (subject to hydrolysis) is 1. The Balaban J connectivity index is 1.98. The van der Waals surface area contributed by atoms with Crippen molar-refractivity contribution in [2.45, 2.75) is 39.3 Å². The van der Waals surface area contributed by atoms with Gasteiger partial charge in [-0.3, -0.25) is 4.40 Å². The van der Waals surface area contributed by atoms with Gasteiger partial charge in [-0.2, -0.15) is 0 Å². The molecule has 1 unspecified atom stereocenters. The van der Waals surface area contributed by atoms with Crippen molar-refractivity contribution in [1.29, 1.82) is 0 Å². The lowest BCUT2D eigenvalue weighted by Crippen LogP contribution is -2.38. The van der Waals surface area contributed by atoms with Crippen molar-refractivity contribution in [3.8, 4) is 0 Å². The molecule has 7 heteroatoms. The predicted molar refractivity (Wildman–Crippen MR) is 90.6 cm³/mol. The summed E-state index contributed by atoms with van der Waals surface area (Å²) in [5.74, 6) is 0.452. The van der Waals surface area contributed by atoms with E-state index >= 15 is 0 Å². The number of hydrogen-bond donors (Lipinski definition) is 1. The smallest absolute Gasteiger partial charge is 0.408 e. The molecule has 3 rings (SSSR count). The highest BCUT2D eigenvalue weighted by Crippen LogP contribution is 2.19. The summed E-state index contributed by atoms with van der Waals surface area (Å²) in [7, 11) is 0. The van der Waals surface area contributed by atoms with Crippen LogP contribution in [-0.2, 0) is 4.74 Å². The Kier molecular flexibility index (Phi) is 3.79. The largest absolute Gasteiger partial charge is 0.444 e. The van der Waals surface area contributed by atoms with E-state index < -0.39 is 17.7 Å². The van der Waals surface area contributed by atoms with Crippen molar-refractivity contribution >= 4 is 17.4 Å². The van der Waals surface area contributed by atoms with Crippen LogP contribution >= 0.6 is 0 Å². The van der Waals surface area contributed by atoms with E-state index in [1.807, 2.05) is 18.2 Å². The van der Waals surface area contributed by atoms with Crippen molar-refractivity contribution in [3.05, 3.63) is 52.9 Å². The summed E-state index contributed by atoms with van der Waals surface area (Å²) in [5.41, 5.74) is 0.444. The van der Waals surface area contributed by atoms with Gasteiger partial charge in [0.05, 0.1) is 11.7 Å². The minimum Gasteiger partial charge on any atom is -0.444 e. The molecule has 2 heterocycles. The van der Waals surface area contributed by atoms with Gasteiger partial charge in [-0.05, 0) is 52.0 Å². The molecular weight excluding hydrogens is 308 g/mol. The average molecular weight is 328 g/mol. The van der Waals surface area contributed by atoms with Crippen LogP contribution in [0.3, 0.4) is 0 Å². The molecule has 1 aliphatic carbocycles. The first kappa shape index (κ1) is 16.0. The minimum absolute atomic E-state index is 0.228. The van der Waals surface area contributed by atoms with Crippen molar-refractivity contribution in [1.82, 2.24) is 19.3 Å². The molecule has 0 radical (unpaired) electrons. The molecule has 0 fully saturated rings. The van der Waals surface area contributed by atoms with Crippen LogP contribution in [0.4, 0.5) is 4.79 Å². The molecule has 7 nitrogen and oxygen atoms in total. The van der Waals surface area contributed by atoms with E-state index in [-0.39, 0.29) is 5.69 Å². The highest BCUT2D eigenvalue weighted by atomic mass is 16.6. The summed E-state index contributed by atoms with van der Waals surface area (Å²) in [6, 6.07) is 3.01. The van der Waals surface area contributed by atoms with Crippen molar-refractivity contribution in [3.63, 3.8) is 0 Å². The van der Waals surface area contributed by atoms with Crippen molar-refractivity contribution < 1.29 is 9.53 Å². The van der Waals surface area contributed by atoms with E-state index in [0.717, 1.165) is 5.70 Å². The number of fused-ring (bicyclic) bond motifs is 1. The number of nitrogens with one attached hydrogen (secondary N) is 1. The predicted octanol–water partition coefficient (Wildman–Crippen LogP) is 2.49. The molecule has 0 saturated carbocycles. The second kappa shape index (κ2) is 5.67. The third-order valence-corrected chi connectivity index (χ3v) is 3.50. The van der Waals surface area contributed by atoms with Crippen LogP contribution in [0.15, 0.2) is 41.4 Å². The molecule has 24 heavy (non-hydrogen) atoms. The SMILES string of the molecule is CC(NC(=O)OC(C)(C)C)c1nc2cccn2c(=O)n1C1=CC=C1. The molecule has 1 atom stereocenters. The van der Waals surface area contributed by atoms with Crippen LogP contribution in [-0.4, -0.2) is 25.6 Å². The maximum absolute atomic E-state index is 12.7. The van der Waals surface area contributed by atoms with Crippen LogP contribution in [0.2, 0.25) is 0 Å². The zero-order valence-corrected chi connectivity index (χ0v) is 14.1. The molecule has 1 N–H and O–H groups in total. The van der Waals surface area contributed by atoms with Crippen LogP contribution < -0.4 is 11.0 Å². The lowest BCUT2D eigenvalue weighted by molar-refractivity contribution is 0.0505. The second-order valence-corrected chi connectivity index (χ2v) is 6.64. The van der Waals surface area contributed by atoms with Gasteiger partial charge in [0, 0.05) is 6.20 Å². The third-order valence-electron chi connectivity index (χ3n) is 3.50. The summed E-state index contributed by atoms with van der Waals surface area (Å²) in [5, 5.41) is 2.74. The van der Waals surface area contributed by atoms with Gasteiger partial charge in [0.15, 0.2) is 0 Å². The van der Waals surface area contributed by atoms with E-state index in [0.29, 0.717) is 11.5 Å². The quantitative estimate of drug-likeness (QED) is 0.939. The van der Waals surface area contributed by atoms with Gasteiger partial charge in [0.2, 0.25) is 0 Å². The first-order valence-corrected chi connectivity index (χ1v) is 7.74. The standard InChI is InChI=1S/C17H20N4O3/c1-11(18-15(22)24-17(2,3)4)14-19-13-9-6-10-20(13)16(23)21(14)12-7-5-8-12/h5-11H,1-4H3,(H,18,22). The molecule has 0 aliphatic heterocycles. The second-order valence-electron chi connectivity index (χ2n) is 6.64. The number of allylic oxidation sites excluding steroid dienone is 4. The molecule has 2 aromatic rings. The number of carbonyl (C=O) groups is 1. The van der Waals surface area contributed by atoms with E-state index in [1.165, 1.54) is 8.97 Å². The molecule has 1 amide bonds. The molecule has 126 valence electrons. The molecule has 0 spiro atoms. The third kappa shape index (κ3) is 2.97. The monoisotopic (exact) mass is 328 g/mol. The van der Waals surface area contributed by atoms with E-state index in [1.54, 1.807) is 46.0 Å². The molecule has 2 aromatic heterocycles. The van der Waals surface area contributed by atoms with Gasteiger partial charge >= 0.3 is 11.8 Å². The zero-order chi connectivity index (χ0) is 17.5. The first-order chi connectivity index (χ1) is 11.3. The molecular formula is C17H20N4O3. The number of hydrogen-bond acceptors (Lipinski definition) is 4. The highest BCUT2D eigenvalue weighted by Gasteiger charge is 2.23. The fourth-order valence-corrected chi connectivity index (χ4v) is 2.41. The average Bonchev–Trinajstić information content (AvgIpc) is 2.85. The summed E-state index contributed by atoms with van der Waals surface area (Å²) in [6.45, 7) is 7.15. The molecule has 0 bridgehead atoms. The van der Waals surface area contributed by atoms with Crippen molar-refractivity contribution in [2.24, 2.45) is 0 Å². The molecule has 0 saturated heterocycles. The number of rotatable bonds is 3. The lowest BCUT2D eigenvalue weighted by atomic mass is 10.2. The number of ether oxygens (including phenoxy) is 1. The fourth-order valence-electron chi connectivity index (χ4n) is 2.41. The van der Waals surface area contributed by atoms with Crippen LogP contribution in [0.1, 0.15) is 39.6 Å². The maximum atomic E-state index is 12.7. The van der Waals surface area contributed by atoms with Gasteiger partial charge in [-0.1, -0.05) is 6.08 Å². The van der Waals surface area contributed by atoms with Gasteiger partial charge < -0.3 is 10.1 Å². The van der Waals surface area contributed by atoms with Crippen molar-refractivity contribution in [2.75, 3.05) is 0 Å². The Morgan fingerprint density at radius 3 is 2.67 bits per heavy atom. The number of aromatic nitrogens is 3. The Morgan fingerprint density at radius 1 is 1.38 bits per heavy atom. The maximum Gasteiger partial charge on any atom is 0.408 e. The summed E-state index contributed by atoms with van der Waals surface area (Å²) in [6.07, 6.45) is 6.60. The van der Waals surface area contributed by atoms with Gasteiger partial charge in [-0.15, -0.1) is 0 Å². The number of carbonyl (C=O) groups excluding carboxylic acids is 1. The Labute approximate surface area is 139 Å². The lowest BCUT2D eigenvalue weighted by Gasteiger charge is -2.24. The minimum atomic E-state index is -0.596. The normalized spacial score (nSPS) is 14.9. The number of amides is 1. The Hall–Kier alpha value is -2.83. The fraction of sp³-hybridized carbons (Fsp3) is 0.353. The van der Waals surface area contributed by atoms with Gasteiger partial charge in [-0.25, -0.2) is 19.1 Å².